The van der Waals surface area contributed by atoms with E-state index in [-0.39, 0.29) is 11.7 Å². The van der Waals surface area contributed by atoms with E-state index in [4.69, 9.17) is 4.74 Å². The highest BCUT2D eigenvalue weighted by Gasteiger charge is 2.15. The van der Waals surface area contributed by atoms with Gasteiger partial charge in [-0.3, -0.25) is 4.79 Å². The van der Waals surface area contributed by atoms with Crippen LogP contribution in [0, 0.1) is 0 Å². The van der Waals surface area contributed by atoms with E-state index in [2.05, 4.69) is 41.5 Å². The number of hydrogen-bond donors (Lipinski definition) is 1. The predicted octanol–water partition coefficient (Wildman–Crippen LogP) is 3.71. The summed E-state index contributed by atoms with van der Waals surface area (Å²) in [6.45, 7) is 0. The second-order valence-electron chi connectivity index (χ2n) is 5.89. The molecule has 0 saturated heterocycles. The lowest BCUT2D eigenvalue weighted by Crippen LogP contribution is -2.14. The number of halogens is 1. The number of anilines is 1. The molecule has 4 aromatic rings. The molecule has 29 heavy (non-hydrogen) atoms. The zero-order valence-electron chi connectivity index (χ0n) is 15.2. The van der Waals surface area contributed by atoms with E-state index < -0.39 is 0 Å². The summed E-state index contributed by atoms with van der Waals surface area (Å²) >= 11 is 4.66. The molecule has 0 radical (unpaired) electrons. The van der Waals surface area contributed by atoms with Crippen LogP contribution in [0.15, 0.2) is 64.4 Å². The maximum Gasteiger partial charge on any atom is 0.234 e. The minimum Gasteiger partial charge on any atom is -0.497 e. The fourth-order valence-corrected chi connectivity index (χ4v) is 3.59. The summed E-state index contributed by atoms with van der Waals surface area (Å²) in [5.41, 5.74) is 2.65. The Morgan fingerprint density at radius 2 is 1.90 bits per heavy atom. The summed E-state index contributed by atoms with van der Waals surface area (Å²) in [6.07, 6.45) is 1.45. The van der Waals surface area contributed by atoms with Crippen LogP contribution < -0.4 is 10.1 Å². The van der Waals surface area contributed by atoms with E-state index >= 15 is 0 Å². The van der Waals surface area contributed by atoms with Crippen molar-refractivity contribution in [2.75, 3.05) is 18.2 Å². The predicted molar refractivity (Wildman–Crippen MR) is 115 cm³/mol. The highest BCUT2D eigenvalue weighted by Crippen LogP contribution is 2.25. The number of benzene rings is 2. The SMILES string of the molecule is COc1ccc(-n2nnc3c(SCC(=O)Nc4ccc(Br)cc4)ncnc32)cc1. The Labute approximate surface area is 178 Å². The van der Waals surface area contributed by atoms with Gasteiger partial charge < -0.3 is 10.1 Å². The fourth-order valence-electron chi connectivity index (χ4n) is 2.60. The van der Waals surface area contributed by atoms with Crippen molar-refractivity contribution < 1.29 is 9.53 Å². The number of aromatic nitrogens is 5. The summed E-state index contributed by atoms with van der Waals surface area (Å²) in [7, 11) is 1.61. The number of rotatable bonds is 6. The Bertz CT molecular complexity index is 1150. The first-order valence-corrected chi connectivity index (χ1v) is 10.3. The average Bonchev–Trinajstić information content (AvgIpc) is 3.19. The van der Waals surface area contributed by atoms with Gasteiger partial charge in [-0.25, -0.2) is 9.97 Å². The molecular weight excluding hydrogens is 456 g/mol. The Kier molecular flexibility index (Phi) is 5.72. The lowest BCUT2D eigenvalue weighted by molar-refractivity contribution is -0.113. The van der Waals surface area contributed by atoms with E-state index in [1.807, 2.05) is 48.5 Å². The van der Waals surface area contributed by atoms with Crippen molar-refractivity contribution in [3.8, 4) is 11.4 Å². The average molecular weight is 471 g/mol. The van der Waals surface area contributed by atoms with Gasteiger partial charge in [-0.05, 0) is 48.5 Å². The molecule has 2 aromatic heterocycles. The van der Waals surface area contributed by atoms with E-state index in [0.717, 1.165) is 21.6 Å². The molecule has 2 heterocycles. The lowest BCUT2D eigenvalue weighted by Gasteiger charge is -2.05. The molecule has 8 nitrogen and oxygen atoms in total. The van der Waals surface area contributed by atoms with Crippen molar-refractivity contribution in [2.45, 2.75) is 5.03 Å². The lowest BCUT2D eigenvalue weighted by atomic mass is 10.3. The Morgan fingerprint density at radius 3 is 2.62 bits per heavy atom. The molecule has 4 rings (SSSR count). The molecular formula is C19H15BrN6O2S. The van der Waals surface area contributed by atoms with Gasteiger partial charge in [-0.1, -0.05) is 32.9 Å². The zero-order chi connectivity index (χ0) is 20.2. The summed E-state index contributed by atoms with van der Waals surface area (Å²) in [4.78, 5) is 20.8. The van der Waals surface area contributed by atoms with Gasteiger partial charge in [0, 0.05) is 10.2 Å². The van der Waals surface area contributed by atoms with Crippen molar-refractivity contribution in [2.24, 2.45) is 0 Å². The van der Waals surface area contributed by atoms with Gasteiger partial charge in [-0.2, -0.15) is 4.68 Å². The van der Waals surface area contributed by atoms with Crippen LogP contribution in [0.2, 0.25) is 0 Å². The maximum absolute atomic E-state index is 12.3. The number of amides is 1. The number of hydrogen-bond acceptors (Lipinski definition) is 7. The highest BCUT2D eigenvalue weighted by molar-refractivity contribution is 9.10. The van der Waals surface area contributed by atoms with Gasteiger partial charge in [0.05, 0.1) is 18.6 Å². The molecule has 0 saturated carbocycles. The quantitative estimate of drug-likeness (QED) is 0.338. The first kappa shape index (κ1) is 19.3. The Morgan fingerprint density at radius 1 is 1.14 bits per heavy atom. The summed E-state index contributed by atoms with van der Waals surface area (Å²) < 4.78 is 7.76. The number of nitrogens with zero attached hydrogens (tertiary/aromatic N) is 5. The molecule has 0 aliphatic heterocycles. The van der Waals surface area contributed by atoms with Crippen LogP contribution in [0.25, 0.3) is 16.9 Å². The number of fused-ring (bicyclic) bond motifs is 1. The van der Waals surface area contributed by atoms with Gasteiger partial charge in [-0.15, -0.1) is 5.10 Å². The highest BCUT2D eigenvalue weighted by atomic mass is 79.9. The van der Waals surface area contributed by atoms with E-state index in [1.165, 1.54) is 18.1 Å². The van der Waals surface area contributed by atoms with Crippen LogP contribution >= 0.6 is 27.7 Å². The number of carbonyl (C=O) groups excluding carboxylic acids is 1. The van der Waals surface area contributed by atoms with E-state index in [1.54, 1.807) is 11.8 Å². The van der Waals surface area contributed by atoms with Crippen molar-refractivity contribution in [3.05, 3.63) is 59.3 Å². The number of ether oxygens (including phenoxy) is 1. The molecule has 0 aliphatic rings. The summed E-state index contributed by atoms with van der Waals surface area (Å²) in [6, 6.07) is 14.8. The van der Waals surface area contributed by atoms with Crippen LogP contribution in [0.3, 0.4) is 0 Å². The van der Waals surface area contributed by atoms with Crippen LogP contribution in [-0.4, -0.2) is 43.7 Å². The molecule has 0 aliphatic carbocycles. The molecule has 1 amide bonds. The number of carbonyl (C=O) groups is 1. The van der Waals surface area contributed by atoms with Crippen molar-refractivity contribution in [3.63, 3.8) is 0 Å². The smallest absolute Gasteiger partial charge is 0.234 e. The molecule has 0 bridgehead atoms. The second-order valence-corrected chi connectivity index (χ2v) is 7.77. The summed E-state index contributed by atoms with van der Waals surface area (Å²) in [5, 5.41) is 11.8. The zero-order valence-corrected chi connectivity index (χ0v) is 17.6. The fraction of sp³-hybridized carbons (Fsp3) is 0.105. The minimum atomic E-state index is -0.133. The molecule has 0 fully saturated rings. The third-order valence-electron chi connectivity index (χ3n) is 3.99. The first-order chi connectivity index (χ1) is 14.1. The third kappa shape index (κ3) is 4.38. The van der Waals surface area contributed by atoms with Gasteiger partial charge in [0.25, 0.3) is 0 Å². The first-order valence-electron chi connectivity index (χ1n) is 8.53. The van der Waals surface area contributed by atoms with Crippen LogP contribution in [0.1, 0.15) is 0 Å². The number of thioether (sulfide) groups is 1. The molecule has 0 spiro atoms. The number of nitrogens with one attached hydrogen (secondary N) is 1. The normalized spacial score (nSPS) is 10.8. The maximum atomic E-state index is 12.3. The molecule has 146 valence electrons. The van der Waals surface area contributed by atoms with E-state index in [0.29, 0.717) is 16.2 Å². The monoisotopic (exact) mass is 470 g/mol. The topological polar surface area (TPSA) is 94.8 Å². The molecule has 1 N–H and O–H groups in total. The van der Waals surface area contributed by atoms with Crippen molar-refractivity contribution in [1.82, 2.24) is 25.0 Å². The minimum absolute atomic E-state index is 0.133. The Hall–Kier alpha value is -2.98. The van der Waals surface area contributed by atoms with E-state index in [9.17, 15) is 4.79 Å². The molecule has 0 atom stereocenters. The van der Waals surface area contributed by atoms with Crippen LogP contribution in [0.4, 0.5) is 5.69 Å². The third-order valence-corrected chi connectivity index (χ3v) is 5.50. The number of methoxy groups -OCH3 is 1. The van der Waals surface area contributed by atoms with Gasteiger partial charge in [0.15, 0.2) is 11.2 Å². The standard InChI is InChI=1S/C19H15BrN6O2S/c1-28-15-8-6-14(7-9-15)26-18-17(24-25-26)19(22-11-21-18)29-10-16(27)23-13-4-2-12(20)3-5-13/h2-9,11H,10H2,1H3,(H,23,27). The van der Waals surface area contributed by atoms with Gasteiger partial charge >= 0.3 is 0 Å². The van der Waals surface area contributed by atoms with Crippen molar-refractivity contribution >= 4 is 50.5 Å². The van der Waals surface area contributed by atoms with Crippen LogP contribution in [-0.2, 0) is 4.79 Å². The van der Waals surface area contributed by atoms with Crippen molar-refractivity contribution in [1.29, 1.82) is 0 Å². The molecule has 0 unspecified atom stereocenters. The Balaban J connectivity index is 1.50. The summed E-state index contributed by atoms with van der Waals surface area (Å²) in [5.74, 6) is 0.810. The molecule has 2 aromatic carbocycles. The van der Waals surface area contributed by atoms with Gasteiger partial charge in [0.2, 0.25) is 5.91 Å². The largest absolute Gasteiger partial charge is 0.497 e. The second kappa shape index (κ2) is 8.58. The van der Waals surface area contributed by atoms with Crippen LogP contribution in [0.5, 0.6) is 5.75 Å². The molecule has 10 heteroatoms. The van der Waals surface area contributed by atoms with Gasteiger partial charge in [0.1, 0.15) is 17.1 Å².